The van der Waals surface area contributed by atoms with Crippen LogP contribution in [-0.4, -0.2) is 4.98 Å². The molecule has 0 fully saturated rings. The molecule has 1 aromatic rings. The zero-order valence-electron chi connectivity index (χ0n) is 7.33. The van der Waals surface area contributed by atoms with E-state index in [1.54, 1.807) is 0 Å². The van der Waals surface area contributed by atoms with Gasteiger partial charge in [-0.1, -0.05) is 25.1 Å². The summed E-state index contributed by atoms with van der Waals surface area (Å²) >= 11 is 0. The number of fused-ring (bicyclic) bond motifs is 1. The van der Waals surface area contributed by atoms with Gasteiger partial charge in [0, 0.05) is 11.9 Å². The highest BCUT2D eigenvalue weighted by Gasteiger charge is 2.09. The van der Waals surface area contributed by atoms with Gasteiger partial charge in [0.2, 0.25) is 0 Å². The molecule has 1 nitrogen and oxygen atoms in total. The molecule has 12 heavy (non-hydrogen) atoms. The lowest BCUT2D eigenvalue weighted by molar-refractivity contribution is 0.585. The van der Waals surface area contributed by atoms with E-state index in [-0.39, 0.29) is 0 Å². The van der Waals surface area contributed by atoms with Gasteiger partial charge in [0.15, 0.2) is 0 Å². The Labute approximate surface area is 73.1 Å². The number of nitrogens with zero attached hydrogens (tertiary/aromatic N) is 1. The zero-order chi connectivity index (χ0) is 8.39. The van der Waals surface area contributed by atoms with Gasteiger partial charge < -0.3 is 0 Å². The minimum absolute atomic E-state index is 0.734. The van der Waals surface area contributed by atoms with Gasteiger partial charge in [-0.15, -0.1) is 0 Å². The molecule has 0 N–H and O–H groups in total. The highest BCUT2D eigenvalue weighted by atomic mass is 14.7. The van der Waals surface area contributed by atoms with E-state index >= 15 is 0 Å². The normalized spacial score (nSPS) is 21.6. The second-order valence-electron chi connectivity index (χ2n) is 3.49. The quantitative estimate of drug-likeness (QED) is 0.567. The molecular formula is C11H13N. The first-order chi connectivity index (χ1) is 5.86. The summed E-state index contributed by atoms with van der Waals surface area (Å²) in [5.41, 5.74) is 2.54. The first kappa shape index (κ1) is 7.53. The Balaban J connectivity index is 2.41. The van der Waals surface area contributed by atoms with Gasteiger partial charge in [-0.05, 0) is 30.4 Å². The molecule has 1 unspecified atom stereocenters. The van der Waals surface area contributed by atoms with Gasteiger partial charge in [-0.25, -0.2) is 0 Å². The van der Waals surface area contributed by atoms with Crippen molar-refractivity contribution in [2.75, 3.05) is 0 Å². The van der Waals surface area contributed by atoms with Crippen LogP contribution in [0.5, 0.6) is 0 Å². The van der Waals surface area contributed by atoms with E-state index in [9.17, 15) is 0 Å². The predicted molar refractivity (Wildman–Crippen MR) is 50.8 cm³/mol. The highest BCUT2D eigenvalue weighted by Crippen LogP contribution is 2.19. The number of rotatable bonds is 0. The van der Waals surface area contributed by atoms with Crippen molar-refractivity contribution in [2.45, 2.75) is 19.8 Å². The standard InChI is InChI=1S/C11H13N/c1-9-4-2-5-10-6-3-7-12-11(10)8-9/h2-3,5-7,9H,4,8H2,1H3. The molecule has 0 amide bonds. The molecule has 62 valence electrons. The number of allylic oxidation sites excluding steroid dienone is 1. The lowest BCUT2D eigenvalue weighted by Crippen LogP contribution is -1.99. The maximum absolute atomic E-state index is 4.38. The van der Waals surface area contributed by atoms with Crippen molar-refractivity contribution < 1.29 is 0 Å². The van der Waals surface area contributed by atoms with Crippen LogP contribution in [0.25, 0.3) is 6.08 Å². The third kappa shape index (κ3) is 1.40. The topological polar surface area (TPSA) is 12.9 Å². The summed E-state index contributed by atoms with van der Waals surface area (Å²) in [6.07, 6.45) is 8.61. The molecule has 0 saturated carbocycles. The second kappa shape index (κ2) is 3.10. The van der Waals surface area contributed by atoms with Gasteiger partial charge in [0.05, 0.1) is 0 Å². The van der Waals surface area contributed by atoms with Crippen molar-refractivity contribution in [3.05, 3.63) is 35.7 Å². The maximum atomic E-state index is 4.38. The fourth-order valence-corrected chi connectivity index (χ4v) is 1.61. The first-order valence-corrected chi connectivity index (χ1v) is 4.46. The molecule has 1 heteroatoms. The molecule has 0 bridgehead atoms. The Kier molecular flexibility index (Phi) is 1.94. The highest BCUT2D eigenvalue weighted by molar-refractivity contribution is 5.52. The summed E-state index contributed by atoms with van der Waals surface area (Å²) in [5, 5.41) is 0. The summed E-state index contributed by atoms with van der Waals surface area (Å²) in [4.78, 5) is 4.38. The van der Waals surface area contributed by atoms with Gasteiger partial charge in [0.25, 0.3) is 0 Å². The van der Waals surface area contributed by atoms with E-state index in [0.717, 1.165) is 12.3 Å². The maximum Gasteiger partial charge on any atom is 0.0478 e. The Morgan fingerprint density at radius 1 is 1.50 bits per heavy atom. The van der Waals surface area contributed by atoms with Crippen LogP contribution in [0.2, 0.25) is 0 Å². The molecular weight excluding hydrogens is 146 g/mol. The number of hydrogen-bond acceptors (Lipinski definition) is 1. The number of pyridine rings is 1. The van der Waals surface area contributed by atoms with Crippen LogP contribution >= 0.6 is 0 Å². The predicted octanol–water partition coefficient (Wildman–Crippen LogP) is 2.68. The van der Waals surface area contributed by atoms with E-state index in [1.807, 2.05) is 12.3 Å². The van der Waals surface area contributed by atoms with E-state index in [4.69, 9.17) is 0 Å². The van der Waals surface area contributed by atoms with Gasteiger partial charge in [0.1, 0.15) is 0 Å². The Bertz CT molecular complexity index is 302. The van der Waals surface area contributed by atoms with E-state index < -0.39 is 0 Å². The fourth-order valence-electron chi connectivity index (χ4n) is 1.61. The fraction of sp³-hybridized carbons (Fsp3) is 0.364. The number of hydrogen-bond donors (Lipinski definition) is 0. The summed E-state index contributed by atoms with van der Waals surface area (Å²) in [6, 6.07) is 4.13. The van der Waals surface area contributed by atoms with Crippen molar-refractivity contribution in [1.29, 1.82) is 0 Å². The van der Waals surface area contributed by atoms with E-state index in [2.05, 4.69) is 30.1 Å². The summed E-state index contributed by atoms with van der Waals surface area (Å²) in [6.45, 7) is 2.27. The monoisotopic (exact) mass is 159 g/mol. The number of aromatic nitrogens is 1. The van der Waals surface area contributed by atoms with Crippen LogP contribution in [-0.2, 0) is 6.42 Å². The van der Waals surface area contributed by atoms with Gasteiger partial charge >= 0.3 is 0 Å². The zero-order valence-corrected chi connectivity index (χ0v) is 7.33. The van der Waals surface area contributed by atoms with E-state index in [0.29, 0.717) is 0 Å². The smallest absolute Gasteiger partial charge is 0.0478 e. The van der Waals surface area contributed by atoms with Crippen LogP contribution in [0.4, 0.5) is 0 Å². The molecule has 0 aliphatic heterocycles. The summed E-state index contributed by atoms with van der Waals surface area (Å²) in [5.74, 6) is 0.734. The average molecular weight is 159 g/mol. The minimum Gasteiger partial charge on any atom is -0.261 e. The third-order valence-corrected chi connectivity index (χ3v) is 2.30. The second-order valence-corrected chi connectivity index (χ2v) is 3.49. The molecule has 1 aliphatic carbocycles. The van der Waals surface area contributed by atoms with Crippen molar-refractivity contribution in [2.24, 2.45) is 5.92 Å². The van der Waals surface area contributed by atoms with Gasteiger partial charge in [-0.2, -0.15) is 0 Å². The Morgan fingerprint density at radius 3 is 3.33 bits per heavy atom. The van der Waals surface area contributed by atoms with Crippen molar-refractivity contribution in [3.8, 4) is 0 Å². The molecule has 2 rings (SSSR count). The molecule has 1 aromatic heterocycles. The minimum atomic E-state index is 0.734. The third-order valence-electron chi connectivity index (χ3n) is 2.30. The molecule has 0 radical (unpaired) electrons. The van der Waals surface area contributed by atoms with Crippen molar-refractivity contribution >= 4 is 6.08 Å². The lowest BCUT2D eigenvalue weighted by Gasteiger charge is -2.06. The average Bonchev–Trinajstić information content (AvgIpc) is 2.25. The van der Waals surface area contributed by atoms with Crippen LogP contribution in [0.1, 0.15) is 24.6 Å². The van der Waals surface area contributed by atoms with Crippen LogP contribution in [0, 0.1) is 5.92 Å². The largest absolute Gasteiger partial charge is 0.261 e. The summed E-state index contributed by atoms with van der Waals surface area (Å²) < 4.78 is 0. The Hall–Kier alpha value is -1.11. The van der Waals surface area contributed by atoms with Crippen molar-refractivity contribution in [1.82, 2.24) is 4.98 Å². The molecule has 0 aromatic carbocycles. The van der Waals surface area contributed by atoms with Gasteiger partial charge in [-0.3, -0.25) is 4.98 Å². The molecule has 1 heterocycles. The molecule has 0 saturated heterocycles. The van der Waals surface area contributed by atoms with Crippen LogP contribution in [0.15, 0.2) is 24.4 Å². The van der Waals surface area contributed by atoms with E-state index in [1.165, 1.54) is 17.7 Å². The lowest BCUT2D eigenvalue weighted by atomic mass is 10.0. The molecule has 0 spiro atoms. The molecule has 1 aliphatic rings. The Morgan fingerprint density at radius 2 is 2.42 bits per heavy atom. The first-order valence-electron chi connectivity index (χ1n) is 4.46. The SMILES string of the molecule is CC1CC=Cc2cccnc2C1. The van der Waals surface area contributed by atoms with Crippen LogP contribution < -0.4 is 0 Å². The summed E-state index contributed by atoms with van der Waals surface area (Å²) in [7, 11) is 0. The van der Waals surface area contributed by atoms with Crippen molar-refractivity contribution in [3.63, 3.8) is 0 Å². The molecule has 1 atom stereocenters. The van der Waals surface area contributed by atoms with Crippen LogP contribution in [0.3, 0.4) is 0 Å².